The van der Waals surface area contributed by atoms with Crippen molar-refractivity contribution in [2.24, 2.45) is 11.8 Å². The lowest BCUT2D eigenvalue weighted by atomic mass is 9.95. The van der Waals surface area contributed by atoms with Gasteiger partial charge in [0, 0.05) is 12.6 Å². The second-order valence-electron chi connectivity index (χ2n) is 8.97. The van der Waals surface area contributed by atoms with E-state index in [4.69, 9.17) is 0 Å². The van der Waals surface area contributed by atoms with Crippen LogP contribution in [-0.2, 0) is 4.79 Å². The van der Waals surface area contributed by atoms with Gasteiger partial charge < -0.3 is 15.5 Å². The van der Waals surface area contributed by atoms with Gasteiger partial charge in [-0.25, -0.2) is 0 Å². The monoisotopic (exact) mass is 369 g/mol. The molecule has 0 saturated heterocycles. The molecule has 0 heterocycles. The van der Waals surface area contributed by atoms with E-state index in [0.717, 1.165) is 24.8 Å². The summed E-state index contributed by atoms with van der Waals surface area (Å²) in [6.45, 7) is 11.5. The van der Waals surface area contributed by atoms with Crippen molar-refractivity contribution >= 4 is 5.91 Å². The van der Waals surface area contributed by atoms with Gasteiger partial charge in [-0.15, -0.1) is 0 Å². The molecule has 0 aliphatic heterocycles. The number of hydrogen-bond acceptors (Lipinski definition) is 3. The summed E-state index contributed by atoms with van der Waals surface area (Å²) in [7, 11) is 4.19. The van der Waals surface area contributed by atoms with Crippen LogP contribution in [0.2, 0.25) is 0 Å². The van der Waals surface area contributed by atoms with E-state index in [-0.39, 0.29) is 5.91 Å². The minimum atomic E-state index is 0.162. The van der Waals surface area contributed by atoms with Crippen LogP contribution in [-0.4, -0.2) is 50.6 Å². The molecule has 26 heavy (non-hydrogen) atoms. The molecule has 4 nitrogen and oxygen atoms in total. The number of carbonyl (C=O) groups excluding carboxylic acids is 1. The first kappa shape index (κ1) is 25.4. The minimum absolute atomic E-state index is 0.162. The van der Waals surface area contributed by atoms with Crippen molar-refractivity contribution in [2.45, 2.75) is 91.5 Å². The number of amides is 1. The Morgan fingerprint density at radius 1 is 0.962 bits per heavy atom. The Kier molecular flexibility index (Phi) is 16.2. The Labute approximate surface area is 163 Å². The standard InChI is InChI=1S/C16H32N2O.C6H15N/c1-14(2)9-5-4-8-12-17-16(19)13-18-15-10-6-3-7-11-15;1-6(2)5-7(3)4/h14-15,18H,3-13H2,1-2H3,(H,17,19);6H,5H2,1-4H3. The molecule has 0 atom stereocenters. The molecule has 2 N–H and O–H groups in total. The molecule has 0 aromatic rings. The molecule has 4 heteroatoms. The number of carbonyl (C=O) groups is 1. The summed E-state index contributed by atoms with van der Waals surface area (Å²) >= 11 is 0. The second-order valence-corrected chi connectivity index (χ2v) is 8.97. The van der Waals surface area contributed by atoms with Gasteiger partial charge in [0.05, 0.1) is 6.54 Å². The van der Waals surface area contributed by atoms with Gasteiger partial charge in [0.2, 0.25) is 5.91 Å². The Morgan fingerprint density at radius 2 is 1.62 bits per heavy atom. The van der Waals surface area contributed by atoms with Crippen LogP contribution < -0.4 is 10.6 Å². The molecule has 0 spiro atoms. The SMILES string of the molecule is CC(C)CCCCCNC(=O)CNC1CCCCC1.CC(C)CN(C)C. The summed E-state index contributed by atoms with van der Waals surface area (Å²) in [6.07, 6.45) is 11.4. The van der Waals surface area contributed by atoms with Crippen LogP contribution in [0.15, 0.2) is 0 Å². The van der Waals surface area contributed by atoms with Gasteiger partial charge in [0.25, 0.3) is 0 Å². The fourth-order valence-electron chi connectivity index (χ4n) is 3.42. The molecule has 0 bridgehead atoms. The van der Waals surface area contributed by atoms with Crippen molar-refractivity contribution in [2.75, 3.05) is 33.7 Å². The smallest absolute Gasteiger partial charge is 0.233 e. The molecular weight excluding hydrogens is 322 g/mol. The molecule has 1 fully saturated rings. The Balaban J connectivity index is 0.000000758. The van der Waals surface area contributed by atoms with E-state index >= 15 is 0 Å². The van der Waals surface area contributed by atoms with Crippen LogP contribution in [0.5, 0.6) is 0 Å². The van der Waals surface area contributed by atoms with Crippen LogP contribution in [0.4, 0.5) is 0 Å². The Hall–Kier alpha value is -0.610. The topological polar surface area (TPSA) is 44.4 Å². The zero-order chi connectivity index (χ0) is 19.8. The number of unbranched alkanes of at least 4 members (excludes halogenated alkanes) is 2. The van der Waals surface area contributed by atoms with Crippen molar-refractivity contribution in [3.63, 3.8) is 0 Å². The van der Waals surface area contributed by atoms with Crippen molar-refractivity contribution in [1.82, 2.24) is 15.5 Å². The third-order valence-electron chi connectivity index (χ3n) is 4.67. The normalized spacial score (nSPS) is 15.3. The minimum Gasteiger partial charge on any atom is -0.355 e. The number of rotatable bonds is 11. The lowest BCUT2D eigenvalue weighted by Gasteiger charge is -2.22. The quantitative estimate of drug-likeness (QED) is 0.529. The molecule has 0 aromatic heterocycles. The molecule has 1 aliphatic rings. The summed E-state index contributed by atoms with van der Waals surface area (Å²) in [5, 5.41) is 6.39. The van der Waals surface area contributed by atoms with Gasteiger partial charge in [-0.05, 0) is 51.7 Å². The van der Waals surface area contributed by atoms with Crippen LogP contribution in [0.1, 0.15) is 85.5 Å². The summed E-state index contributed by atoms with van der Waals surface area (Å²) in [5.74, 6) is 1.76. The molecule has 1 amide bonds. The van der Waals surface area contributed by atoms with Gasteiger partial charge >= 0.3 is 0 Å². The van der Waals surface area contributed by atoms with Crippen molar-refractivity contribution in [1.29, 1.82) is 0 Å². The second kappa shape index (κ2) is 16.6. The van der Waals surface area contributed by atoms with Gasteiger partial charge in [-0.2, -0.15) is 0 Å². The summed E-state index contributed by atoms with van der Waals surface area (Å²) < 4.78 is 0. The third-order valence-corrected chi connectivity index (χ3v) is 4.67. The van der Waals surface area contributed by atoms with Crippen LogP contribution in [0, 0.1) is 11.8 Å². The molecule has 0 aromatic carbocycles. The average molecular weight is 370 g/mol. The lowest BCUT2D eigenvalue weighted by molar-refractivity contribution is -0.120. The molecule has 156 valence electrons. The maximum atomic E-state index is 11.7. The Bertz CT molecular complexity index is 317. The number of nitrogens with zero attached hydrogens (tertiary/aromatic N) is 1. The van der Waals surface area contributed by atoms with E-state index in [1.807, 2.05) is 0 Å². The highest BCUT2D eigenvalue weighted by Gasteiger charge is 2.13. The number of hydrogen-bond donors (Lipinski definition) is 2. The van der Waals surface area contributed by atoms with E-state index in [9.17, 15) is 4.79 Å². The first-order valence-electron chi connectivity index (χ1n) is 11.0. The molecule has 1 saturated carbocycles. The van der Waals surface area contributed by atoms with Gasteiger partial charge in [0.15, 0.2) is 0 Å². The van der Waals surface area contributed by atoms with E-state index in [1.54, 1.807) is 0 Å². The van der Waals surface area contributed by atoms with Crippen molar-refractivity contribution in [3.05, 3.63) is 0 Å². The van der Waals surface area contributed by atoms with Gasteiger partial charge in [-0.3, -0.25) is 4.79 Å². The molecule has 1 aliphatic carbocycles. The van der Waals surface area contributed by atoms with Crippen LogP contribution in [0.3, 0.4) is 0 Å². The maximum Gasteiger partial charge on any atom is 0.233 e. The zero-order valence-corrected chi connectivity index (χ0v) is 18.6. The molecular formula is C22H47N3O. The van der Waals surface area contributed by atoms with Crippen LogP contribution in [0.25, 0.3) is 0 Å². The van der Waals surface area contributed by atoms with Gasteiger partial charge in [-0.1, -0.05) is 66.2 Å². The predicted octanol–water partition coefficient (Wildman–Crippen LogP) is 4.45. The highest BCUT2D eigenvalue weighted by molar-refractivity contribution is 5.77. The fraction of sp³-hybridized carbons (Fsp3) is 0.955. The zero-order valence-electron chi connectivity index (χ0n) is 18.6. The van der Waals surface area contributed by atoms with E-state index < -0.39 is 0 Å². The van der Waals surface area contributed by atoms with Crippen molar-refractivity contribution < 1.29 is 4.79 Å². The van der Waals surface area contributed by atoms with Crippen molar-refractivity contribution in [3.8, 4) is 0 Å². The third kappa shape index (κ3) is 18.2. The first-order chi connectivity index (χ1) is 12.3. The van der Waals surface area contributed by atoms with E-state index in [1.165, 1.54) is 57.9 Å². The summed E-state index contributed by atoms with van der Waals surface area (Å²) in [4.78, 5) is 13.9. The largest absolute Gasteiger partial charge is 0.355 e. The predicted molar refractivity (Wildman–Crippen MR) is 115 cm³/mol. The summed E-state index contributed by atoms with van der Waals surface area (Å²) in [6, 6.07) is 0.575. The number of nitrogens with one attached hydrogen (secondary N) is 2. The molecule has 0 unspecified atom stereocenters. The lowest BCUT2D eigenvalue weighted by Crippen LogP contribution is -2.40. The van der Waals surface area contributed by atoms with E-state index in [0.29, 0.717) is 12.6 Å². The summed E-state index contributed by atoms with van der Waals surface area (Å²) in [5.41, 5.74) is 0. The maximum absolute atomic E-state index is 11.7. The molecule has 0 radical (unpaired) electrons. The molecule has 1 rings (SSSR count). The Morgan fingerprint density at radius 3 is 2.12 bits per heavy atom. The van der Waals surface area contributed by atoms with Crippen LogP contribution >= 0.6 is 0 Å². The first-order valence-corrected chi connectivity index (χ1v) is 11.0. The van der Waals surface area contributed by atoms with E-state index in [2.05, 4.69) is 57.3 Å². The van der Waals surface area contributed by atoms with Gasteiger partial charge in [0.1, 0.15) is 0 Å². The average Bonchev–Trinajstić information content (AvgIpc) is 2.56. The highest BCUT2D eigenvalue weighted by Crippen LogP contribution is 2.16. The highest BCUT2D eigenvalue weighted by atomic mass is 16.1. The fourth-order valence-corrected chi connectivity index (χ4v) is 3.42.